The topological polar surface area (TPSA) is 40.6 Å². The minimum absolute atomic E-state index is 0.0482. The van der Waals surface area contributed by atoms with Crippen LogP contribution < -0.4 is 0 Å². The van der Waals surface area contributed by atoms with E-state index >= 15 is 0 Å². The first-order chi connectivity index (χ1) is 48.8. The molecule has 0 radical (unpaired) electrons. The third-order valence-electron chi connectivity index (χ3n) is 23.3. The Labute approximate surface area is 580 Å². The van der Waals surface area contributed by atoms with E-state index in [9.17, 15) is 0 Å². The van der Waals surface area contributed by atoms with Crippen LogP contribution in [-0.2, 0) is 16.2 Å². The molecule has 18 aromatic rings. The van der Waals surface area contributed by atoms with Gasteiger partial charge in [-0.05, 0) is 203 Å². The number of hydrogen-bond acceptors (Lipinski definition) is 2. The van der Waals surface area contributed by atoms with E-state index in [0.29, 0.717) is 5.95 Å². The molecular weight excluding hydrogens is 1210 g/mol. The van der Waals surface area contributed by atoms with Gasteiger partial charge in [-0.15, -0.1) is 0 Å². The standard InChI is InChI=1S/C95H67N5/c1-93(2)78-25-13-7-19-65(78)71-49-57(33-42-81(71)93)60-36-46-88-74(52-60)68-22-10-16-28-85(68)98(88)63-39-31-56(32-40-63)91-77-55-64(99-86-29-17-11-23-69(86)75-53-61(37-47-89(75)99)58-34-43-82-72(50-58)66-20-8-14-26-79(66)94(82,3)4)41-45-84(77)96-92(97-91)100-87-30-18-12-24-70(87)76-54-62(38-48-90(76)100)59-35-44-83-73(51-59)67-21-9-15-27-80(67)95(83,5)6/h7-55H,1-6H3. The molecule has 14 aromatic carbocycles. The lowest BCUT2D eigenvalue weighted by molar-refractivity contribution is 0.660. The summed E-state index contributed by atoms with van der Waals surface area (Å²) in [7, 11) is 0. The van der Waals surface area contributed by atoms with Crippen LogP contribution in [0.2, 0.25) is 0 Å². The van der Waals surface area contributed by atoms with Crippen LogP contribution in [0.5, 0.6) is 0 Å². The van der Waals surface area contributed by atoms with Crippen molar-refractivity contribution in [2.24, 2.45) is 0 Å². The lowest BCUT2D eigenvalue weighted by Gasteiger charge is -2.21. The summed E-state index contributed by atoms with van der Waals surface area (Å²) in [5.41, 5.74) is 34.8. The van der Waals surface area contributed by atoms with Gasteiger partial charge < -0.3 is 9.13 Å². The van der Waals surface area contributed by atoms with E-state index in [2.05, 4.69) is 352 Å². The molecule has 4 aromatic heterocycles. The highest BCUT2D eigenvalue weighted by molar-refractivity contribution is 6.14. The third kappa shape index (κ3) is 7.94. The third-order valence-corrected chi connectivity index (χ3v) is 23.3. The highest BCUT2D eigenvalue weighted by atomic mass is 15.2. The minimum atomic E-state index is -0.0654. The number of hydrogen-bond donors (Lipinski definition) is 0. The molecule has 100 heavy (non-hydrogen) atoms. The average molecular weight is 1280 g/mol. The second-order valence-electron chi connectivity index (χ2n) is 29.7. The SMILES string of the molecule is CC1(C)c2ccccc2-c2cc(-c3ccc4c(c3)c3ccccc3n4-c3ccc(-c4nc(-n5c6ccccc6c6cc(-c7ccc8c(c7)-c7ccccc7C8(C)C)ccc65)nc5ccc(-n6c7ccccc7c7cc(-c8ccc9c(c8)-c8ccccc8C9(C)C)ccc76)cc45)cc3)ccc21. The number of rotatable bonds is 7. The van der Waals surface area contributed by atoms with Gasteiger partial charge in [0.25, 0.3) is 0 Å². The summed E-state index contributed by atoms with van der Waals surface area (Å²) in [4.78, 5) is 11.4. The first-order valence-corrected chi connectivity index (χ1v) is 35.1. The van der Waals surface area contributed by atoms with Crippen LogP contribution in [0.3, 0.4) is 0 Å². The van der Waals surface area contributed by atoms with E-state index in [1.807, 2.05) is 0 Å². The molecule has 0 amide bonds. The maximum Gasteiger partial charge on any atom is 0.235 e. The Bertz CT molecular complexity index is 6620. The summed E-state index contributed by atoms with van der Waals surface area (Å²) in [5, 5.41) is 8.11. The first-order valence-electron chi connectivity index (χ1n) is 35.1. The molecule has 3 aliphatic carbocycles. The maximum absolute atomic E-state index is 5.82. The summed E-state index contributed by atoms with van der Waals surface area (Å²) >= 11 is 0. The summed E-state index contributed by atoms with van der Waals surface area (Å²) in [6, 6.07) is 111. The predicted molar refractivity (Wildman–Crippen MR) is 417 cm³/mol. The Morgan fingerprint density at radius 3 is 0.980 bits per heavy atom. The van der Waals surface area contributed by atoms with E-state index in [-0.39, 0.29) is 16.2 Å². The summed E-state index contributed by atoms with van der Waals surface area (Å²) in [5.74, 6) is 0.618. The first kappa shape index (κ1) is 56.9. The molecule has 0 fully saturated rings. The Kier molecular flexibility index (Phi) is 11.6. The summed E-state index contributed by atoms with van der Waals surface area (Å²) < 4.78 is 7.13. The van der Waals surface area contributed by atoms with Crippen molar-refractivity contribution in [1.82, 2.24) is 23.7 Å². The highest BCUT2D eigenvalue weighted by Gasteiger charge is 2.38. The van der Waals surface area contributed by atoms with Gasteiger partial charge in [-0.1, -0.05) is 236 Å². The zero-order chi connectivity index (χ0) is 66.7. The second kappa shape index (κ2) is 20.5. The molecule has 3 aliphatic rings. The zero-order valence-corrected chi connectivity index (χ0v) is 56.5. The maximum atomic E-state index is 5.82. The smallest absolute Gasteiger partial charge is 0.235 e. The van der Waals surface area contributed by atoms with Gasteiger partial charge in [-0.25, -0.2) is 9.97 Å². The van der Waals surface area contributed by atoms with Gasteiger partial charge in [-0.3, -0.25) is 4.57 Å². The molecule has 0 atom stereocenters. The fourth-order valence-corrected chi connectivity index (χ4v) is 18.3. The minimum Gasteiger partial charge on any atom is -0.309 e. The van der Waals surface area contributed by atoms with Gasteiger partial charge in [0, 0.05) is 70.9 Å². The van der Waals surface area contributed by atoms with Crippen molar-refractivity contribution in [2.75, 3.05) is 0 Å². The van der Waals surface area contributed by atoms with Crippen LogP contribution in [0, 0.1) is 0 Å². The molecule has 0 spiro atoms. The van der Waals surface area contributed by atoms with E-state index in [0.717, 1.165) is 77.4 Å². The lowest BCUT2D eigenvalue weighted by atomic mass is 9.82. The van der Waals surface area contributed by atoms with E-state index < -0.39 is 0 Å². The molecule has 21 rings (SSSR count). The quantitative estimate of drug-likeness (QED) is 0.160. The van der Waals surface area contributed by atoms with Gasteiger partial charge in [-0.2, -0.15) is 0 Å². The van der Waals surface area contributed by atoms with Crippen molar-refractivity contribution in [1.29, 1.82) is 0 Å². The van der Waals surface area contributed by atoms with E-state index in [1.165, 1.54) is 122 Å². The molecule has 0 saturated carbocycles. The average Bonchev–Trinajstić information content (AvgIpc) is 1.52. The van der Waals surface area contributed by atoms with Gasteiger partial charge in [0.1, 0.15) is 0 Å². The second-order valence-corrected chi connectivity index (χ2v) is 29.7. The summed E-state index contributed by atoms with van der Waals surface area (Å²) in [6.45, 7) is 14.1. The molecule has 472 valence electrons. The molecule has 5 nitrogen and oxygen atoms in total. The van der Waals surface area contributed by atoms with Crippen molar-refractivity contribution < 1.29 is 0 Å². The normalized spacial score (nSPS) is 14.3. The van der Waals surface area contributed by atoms with Gasteiger partial charge in [0.15, 0.2) is 0 Å². The molecule has 0 N–H and O–H groups in total. The highest BCUT2D eigenvalue weighted by Crippen LogP contribution is 2.54. The van der Waals surface area contributed by atoms with E-state index in [1.54, 1.807) is 0 Å². The largest absolute Gasteiger partial charge is 0.309 e. The van der Waals surface area contributed by atoms with Gasteiger partial charge in [0.05, 0.1) is 44.3 Å². The van der Waals surface area contributed by atoms with Crippen molar-refractivity contribution in [3.8, 4) is 95.3 Å². The van der Waals surface area contributed by atoms with Gasteiger partial charge >= 0.3 is 0 Å². The van der Waals surface area contributed by atoms with Crippen LogP contribution in [0.4, 0.5) is 0 Å². The molecule has 0 unspecified atom stereocenters. The molecule has 4 heterocycles. The fraction of sp³-hybridized carbons (Fsp3) is 0.0947. The zero-order valence-electron chi connectivity index (χ0n) is 56.5. The van der Waals surface area contributed by atoms with Crippen molar-refractivity contribution in [3.63, 3.8) is 0 Å². The van der Waals surface area contributed by atoms with Crippen LogP contribution >= 0.6 is 0 Å². The lowest BCUT2D eigenvalue weighted by Crippen LogP contribution is -2.14. The number of nitrogens with zero attached hydrogens (tertiary/aromatic N) is 5. The number of aromatic nitrogens is 5. The molecule has 5 heteroatoms. The van der Waals surface area contributed by atoms with Crippen molar-refractivity contribution >= 4 is 76.3 Å². The van der Waals surface area contributed by atoms with Crippen LogP contribution in [-0.4, -0.2) is 23.7 Å². The molecular formula is C95H67N5. The van der Waals surface area contributed by atoms with Crippen molar-refractivity contribution in [3.05, 3.63) is 331 Å². The van der Waals surface area contributed by atoms with Crippen molar-refractivity contribution in [2.45, 2.75) is 57.8 Å². The fourth-order valence-electron chi connectivity index (χ4n) is 18.3. The molecule has 0 bridgehead atoms. The van der Waals surface area contributed by atoms with Crippen LogP contribution in [0.1, 0.15) is 74.9 Å². The Balaban J connectivity index is 0.719. The molecule has 0 saturated heterocycles. The monoisotopic (exact) mass is 1280 g/mol. The van der Waals surface area contributed by atoms with Gasteiger partial charge in [0.2, 0.25) is 5.95 Å². The Morgan fingerprint density at radius 2 is 0.540 bits per heavy atom. The number of para-hydroxylation sites is 3. The predicted octanol–water partition coefficient (Wildman–Crippen LogP) is 24.5. The Hall–Kier alpha value is -12.2. The van der Waals surface area contributed by atoms with Crippen LogP contribution in [0.25, 0.3) is 172 Å². The number of fused-ring (bicyclic) bond motifs is 19. The van der Waals surface area contributed by atoms with E-state index in [4.69, 9.17) is 9.97 Å². The summed E-state index contributed by atoms with van der Waals surface area (Å²) in [6.07, 6.45) is 0. The van der Waals surface area contributed by atoms with Crippen LogP contribution in [0.15, 0.2) is 297 Å². The Morgan fingerprint density at radius 1 is 0.220 bits per heavy atom. The molecule has 0 aliphatic heterocycles. The number of benzene rings is 14.